The van der Waals surface area contributed by atoms with Crippen LogP contribution in [0.15, 0.2) is 0 Å². The Bertz CT molecular complexity index is 105. The van der Waals surface area contributed by atoms with Crippen molar-refractivity contribution in [1.82, 2.24) is 0 Å². The van der Waals surface area contributed by atoms with Crippen LogP contribution in [0.5, 0.6) is 0 Å². The number of hydrogen-bond acceptors (Lipinski definition) is 2. The van der Waals surface area contributed by atoms with Crippen LogP contribution in [0.4, 0.5) is 0 Å². The van der Waals surface area contributed by atoms with Crippen molar-refractivity contribution in [3.8, 4) is 0 Å². The van der Waals surface area contributed by atoms with Gasteiger partial charge in [0, 0.05) is 6.61 Å². The van der Waals surface area contributed by atoms with Crippen molar-refractivity contribution in [2.45, 2.75) is 18.2 Å². The molecule has 0 radical (unpaired) electrons. The van der Waals surface area contributed by atoms with Crippen LogP contribution < -0.4 is 0 Å². The smallest absolute Gasteiger partial charge is 0.319 e. The van der Waals surface area contributed by atoms with Gasteiger partial charge in [-0.05, 0) is 6.42 Å². The Morgan fingerprint density at radius 1 is 1.80 bits per heavy atom. The van der Waals surface area contributed by atoms with Gasteiger partial charge in [-0.1, -0.05) is 22.9 Å². The molecule has 0 fully saturated rings. The van der Waals surface area contributed by atoms with Crippen LogP contribution in [0.1, 0.15) is 13.3 Å². The highest BCUT2D eigenvalue weighted by atomic mass is 79.9. The molecule has 0 heterocycles. The topological polar surface area (TPSA) is 46.5 Å². The van der Waals surface area contributed by atoms with Gasteiger partial charge in [0.05, 0.1) is 6.61 Å². The molecule has 0 unspecified atom stereocenters. The number of carboxylic acid groups (broad SMARTS) is 1. The first-order chi connectivity index (χ1) is 4.68. The molecule has 1 N–H and O–H groups in total. The van der Waals surface area contributed by atoms with Crippen molar-refractivity contribution in [2.75, 3.05) is 13.2 Å². The van der Waals surface area contributed by atoms with E-state index in [-0.39, 0.29) is 6.61 Å². The van der Waals surface area contributed by atoms with Gasteiger partial charge in [-0.3, -0.25) is 4.79 Å². The van der Waals surface area contributed by atoms with Crippen molar-refractivity contribution in [2.24, 2.45) is 0 Å². The molecule has 0 saturated heterocycles. The van der Waals surface area contributed by atoms with Gasteiger partial charge in [0.2, 0.25) is 0 Å². The summed E-state index contributed by atoms with van der Waals surface area (Å²) in [6.07, 6.45) is 0.916. The van der Waals surface area contributed by atoms with E-state index < -0.39 is 10.8 Å². The van der Waals surface area contributed by atoms with E-state index in [1.807, 2.05) is 6.92 Å². The van der Waals surface area contributed by atoms with Crippen LogP contribution in [-0.4, -0.2) is 29.1 Å². The quantitative estimate of drug-likeness (QED) is 0.550. The molecule has 0 bridgehead atoms. The summed E-state index contributed by atoms with van der Waals surface area (Å²) in [5.74, 6) is -0.879. The van der Waals surface area contributed by atoms with E-state index >= 15 is 0 Å². The maximum absolute atomic E-state index is 10.2. The molecule has 0 aliphatic heterocycles. The zero-order valence-corrected chi connectivity index (χ0v) is 7.43. The molecule has 4 heteroatoms. The fraction of sp³-hybridized carbons (Fsp3) is 0.833. The standard InChI is InChI=1S/C6H11BrO3/c1-2-3-10-4-5(7)6(8)9/h5H,2-4H2,1H3,(H,8,9)/t5-/m1/s1. The highest BCUT2D eigenvalue weighted by Gasteiger charge is 2.11. The lowest BCUT2D eigenvalue weighted by atomic mass is 10.4. The number of alkyl halides is 1. The lowest BCUT2D eigenvalue weighted by Crippen LogP contribution is -2.19. The second kappa shape index (κ2) is 5.68. The number of rotatable bonds is 5. The number of hydrogen-bond donors (Lipinski definition) is 1. The highest BCUT2D eigenvalue weighted by Crippen LogP contribution is 1.99. The Morgan fingerprint density at radius 3 is 2.80 bits per heavy atom. The monoisotopic (exact) mass is 210 g/mol. The molecule has 3 nitrogen and oxygen atoms in total. The minimum Gasteiger partial charge on any atom is -0.480 e. The Labute approximate surface area is 68.5 Å². The minimum atomic E-state index is -0.879. The van der Waals surface area contributed by atoms with Crippen LogP contribution in [0.2, 0.25) is 0 Å². The average Bonchev–Trinajstić information content (AvgIpc) is 1.88. The van der Waals surface area contributed by atoms with Gasteiger partial charge in [0.25, 0.3) is 0 Å². The summed E-state index contributed by atoms with van der Waals surface area (Å²) < 4.78 is 4.98. The lowest BCUT2D eigenvalue weighted by Gasteiger charge is -2.03. The first-order valence-electron chi connectivity index (χ1n) is 3.13. The van der Waals surface area contributed by atoms with Crippen molar-refractivity contribution < 1.29 is 14.6 Å². The third-order valence-corrected chi connectivity index (χ3v) is 1.54. The molecule has 0 aromatic rings. The van der Waals surface area contributed by atoms with Gasteiger partial charge < -0.3 is 9.84 Å². The molecule has 0 aromatic carbocycles. The second-order valence-electron chi connectivity index (χ2n) is 1.88. The minimum absolute atomic E-state index is 0.239. The lowest BCUT2D eigenvalue weighted by molar-refractivity contribution is -0.137. The van der Waals surface area contributed by atoms with Crippen LogP contribution in [0, 0.1) is 0 Å². The Kier molecular flexibility index (Phi) is 5.63. The van der Waals surface area contributed by atoms with Crippen LogP contribution in [-0.2, 0) is 9.53 Å². The van der Waals surface area contributed by atoms with Crippen LogP contribution in [0.3, 0.4) is 0 Å². The number of aliphatic carboxylic acids is 1. The molecule has 1 atom stereocenters. The Morgan fingerprint density at radius 2 is 2.40 bits per heavy atom. The van der Waals surface area contributed by atoms with Crippen molar-refractivity contribution in [3.63, 3.8) is 0 Å². The van der Waals surface area contributed by atoms with Crippen LogP contribution in [0.25, 0.3) is 0 Å². The fourth-order valence-electron chi connectivity index (χ4n) is 0.402. The molecule has 0 aliphatic carbocycles. The molecular weight excluding hydrogens is 200 g/mol. The van der Waals surface area contributed by atoms with Gasteiger partial charge >= 0.3 is 5.97 Å². The second-order valence-corrected chi connectivity index (χ2v) is 2.99. The maximum Gasteiger partial charge on any atom is 0.319 e. The molecule has 60 valence electrons. The average molecular weight is 211 g/mol. The van der Waals surface area contributed by atoms with Gasteiger partial charge in [0.1, 0.15) is 4.83 Å². The third kappa shape index (κ3) is 4.76. The summed E-state index contributed by atoms with van der Waals surface area (Å²) in [7, 11) is 0. The van der Waals surface area contributed by atoms with E-state index in [2.05, 4.69) is 15.9 Å². The Hall–Kier alpha value is -0.0900. The molecule has 0 aliphatic rings. The van der Waals surface area contributed by atoms with Gasteiger partial charge in [-0.15, -0.1) is 0 Å². The zero-order chi connectivity index (χ0) is 7.98. The number of carbonyl (C=O) groups is 1. The SMILES string of the molecule is CCCOC[C@@H](Br)C(=O)O. The number of carboxylic acids is 1. The van der Waals surface area contributed by atoms with Crippen molar-refractivity contribution >= 4 is 21.9 Å². The van der Waals surface area contributed by atoms with E-state index in [0.29, 0.717) is 6.61 Å². The molecular formula is C6H11BrO3. The predicted octanol–water partition coefficient (Wildman–Crippen LogP) is 1.26. The van der Waals surface area contributed by atoms with E-state index in [0.717, 1.165) is 6.42 Å². The summed E-state index contributed by atoms with van der Waals surface area (Å²) in [4.78, 5) is 9.60. The fourth-order valence-corrected chi connectivity index (χ4v) is 0.589. The summed E-state index contributed by atoms with van der Waals surface area (Å²) in [5.41, 5.74) is 0. The summed E-state index contributed by atoms with van der Waals surface area (Å²) in [5, 5.41) is 8.35. The maximum atomic E-state index is 10.2. The van der Waals surface area contributed by atoms with Gasteiger partial charge in [-0.25, -0.2) is 0 Å². The number of halogens is 1. The molecule has 0 saturated carbocycles. The van der Waals surface area contributed by atoms with E-state index in [1.165, 1.54) is 0 Å². The normalized spacial score (nSPS) is 13.0. The predicted molar refractivity (Wildman–Crippen MR) is 41.5 cm³/mol. The molecule has 0 rings (SSSR count). The molecule has 0 amide bonds. The van der Waals surface area contributed by atoms with Crippen molar-refractivity contribution in [3.05, 3.63) is 0 Å². The van der Waals surface area contributed by atoms with Crippen molar-refractivity contribution in [1.29, 1.82) is 0 Å². The van der Waals surface area contributed by atoms with E-state index in [1.54, 1.807) is 0 Å². The molecule has 10 heavy (non-hydrogen) atoms. The van der Waals surface area contributed by atoms with E-state index in [9.17, 15) is 4.79 Å². The summed E-state index contributed by atoms with van der Waals surface area (Å²) in [6.45, 7) is 2.84. The summed E-state index contributed by atoms with van der Waals surface area (Å²) in [6, 6.07) is 0. The largest absolute Gasteiger partial charge is 0.480 e. The van der Waals surface area contributed by atoms with Crippen LogP contribution >= 0.6 is 15.9 Å². The first-order valence-corrected chi connectivity index (χ1v) is 4.04. The molecule has 0 aromatic heterocycles. The van der Waals surface area contributed by atoms with E-state index in [4.69, 9.17) is 9.84 Å². The van der Waals surface area contributed by atoms with Gasteiger partial charge in [-0.2, -0.15) is 0 Å². The highest BCUT2D eigenvalue weighted by molar-refractivity contribution is 9.10. The number of ether oxygens (including phenoxy) is 1. The first kappa shape index (κ1) is 9.91. The summed E-state index contributed by atoms with van der Waals surface area (Å²) >= 11 is 2.95. The third-order valence-electron chi connectivity index (χ3n) is 0.881. The van der Waals surface area contributed by atoms with Gasteiger partial charge in [0.15, 0.2) is 0 Å². The zero-order valence-electron chi connectivity index (χ0n) is 5.84. The molecule has 0 spiro atoms. The Balaban J connectivity index is 3.21.